The Balaban J connectivity index is 1.88. The van der Waals surface area contributed by atoms with Gasteiger partial charge in [0.25, 0.3) is 5.56 Å². The van der Waals surface area contributed by atoms with Crippen LogP contribution in [0.1, 0.15) is 25.0 Å². The highest BCUT2D eigenvalue weighted by molar-refractivity contribution is 7.99. The van der Waals surface area contributed by atoms with E-state index in [1.54, 1.807) is 36.4 Å². The number of fused-ring (bicyclic) bond motifs is 1. The van der Waals surface area contributed by atoms with Gasteiger partial charge in [0.2, 0.25) is 0 Å². The van der Waals surface area contributed by atoms with Gasteiger partial charge in [0, 0.05) is 15.3 Å². The van der Waals surface area contributed by atoms with Gasteiger partial charge in [0.15, 0.2) is 16.3 Å². The van der Waals surface area contributed by atoms with E-state index in [2.05, 4.69) is 9.97 Å². The second kappa shape index (κ2) is 8.94. The van der Waals surface area contributed by atoms with Gasteiger partial charge in [-0.1, -0.05) is 73.1 Å². The van der Waals surface area contributed by atoms with E-state index in [9.17, 15) is 9.59 Å². The van der Waals surface area contributed by atoms with E-state index in [4.69, 9.17) is 23.2 Å². The van der Waals surface area contributed by atoms with Crippen LogP contribution in [0.2, 0.25) is 10.0 Å². The van der Waals surface area contributed by atoms with Gasteiger partial charge in [-0.25, -0.2) is 9.78 Å². The van der Waals surface area contributed by atoms with E-state index >= 15 is 0 Å². The number of aromatic nitrogens is 4. The first-order valence-corrected chi connectivity index (χ1v) is 11.3. The average molecular weight is 475 g/mol. The maximum absolute atomic E-state index is 13.4. The van der Waals surface area contributed by atoms with Crippen molar-refractivity contribution in [2.75, 3.05) is 0 Å². The van der Waals surface area contributed by atoms with Crippen molar-refractivity contribution < 1.29 is 0 Å². The molecular weight excluding hydrogens is 455 g/mol. The molecule has 0 atom stereocenters. The molecule has 0 saturated carbocycles. The van der Waals surface area contributed by atoms with E-state index in [0.29, 0.717) is 26.4 Å². The molecule has 1 N–H and O–H groups in total. The normalized spacial score (nSPS) is 11.5. The lowest BCUT2D eigenvalue weighted by Gasteiger charge is -2.12. The molecule has 0 radical (unpaired) electrons. The van der Waals surface area contributed by atoms with Crippen molar-refractivity contribution in [3.05, 3.63) is 90.5 Å². The Labute approximate surface area is 192 Å². The predicted molar refractivity (Wildman–Crippen MR) is 127 cm³/mol. The Morgan fingerprint density at radius 2 is 1.42 bits per heavy atom. The number of hydrogen-bond acceptors (Lipinski definition) is 4. The lowest BCUT2D eigenvalue weighted by molar-refractivity contribution is 0.631. The molecule has 0 saturated heterocycles. The summed E-state index contributed by atoms with van der Waals surface area (Å²) in [6.45, 7) is 4.48. The molecule has 0 aliphatic carbocycles. The summed E-state index contributed by atoms with van der Waals surface area (Å²) in [6.07, 6.45) is 0. The monoisotopic (exact) mass is 474 g/mol. The molecule has 9 heteroatoms. The third-order valence-electron chi connectivity index (χ3n) is 4.69. The summed E-state index contributed by atoms with van der Waals surface area (Å²) in [7, 11) is 0. The van der Waals surface area contributed by atoms with Crippen LogP contribution in [0.4, 0.5) is 0 Å². The van der Waals surface area contributed by atoms with Gasteiger partial charge in [0.1, 0.15) is 0 Å². The number of imidazole rings is 1. The number of nitrogens with zero attached hydrogens (tertiary/aromatic N) is 3. The van der Waals surface area contributed by atoms with Crippen LogP contribution in [0, 0.1) is 0 Å². The first-order valence-electron chi connectivity index (χ1n) is 9.70. The Hall–Kier alpha value is -2.48. The van der Waals surface area contributed by atoms with Crippen LogP contribution in [0.3, 0.4) is 0 Å². The maximum Gasteiger partial charge on any atom is 0.333 e. The Bertz CT molecular complexity index is 1340. The predicted octanol–water partition coefficient (Wildman–Crippen LogP) is 4.79. The molecule has 4 rings (SSSR count). The minimum atomic E-state index is -0.421. The molecule has 0 bridgehead atoms. The summed E-state index contributed by atoms with van der Waals surface area (Å²) >= 11 is 13.5. The van der Waals surface area contributed by atoms with Crippen molar-refractivity contribution in [3.8, 4) is 0 Å². The highest BCUT2D eigenvalue weighted by Gasteiger charge is 2.18. The summed E-state index contributed by atoms with van der Waals surface area (Å²) in [5, 5.41) is 2.09. The molecule has 2 aromatic carbocycles. The van der Waals surface area contributed by atoms with Crippen LogP contribution in [0.5, 0.6) is 0 Å². The first kappa shape index (κ1) is 21.7. The van der Waals surface area contributed by atoms with E-state index in [-0.39, 0.29) is 18.3 Å². The van der Waals surface area contributed by atoms with Gasteiger partial charge >= 0.3 is 5.69 Å². The highest BCUT2D eigenvalue weighted by atomic mass is 35.5. The van der Waals surface area contributed by atoms with Crippen molar-refractivity contribution in [2.24, 2.45) is 0 Å². The minimum Gasteiger partial charge on any atom is -0.327 e. The molecule has 6 nitrogen and oxygen atoms in total. The summed E-state index contributed by atoms with van der Waals surface area (Å²) in [5.74, 6) is 0. The lowest BCUT2D eigenvalue weighted by Crippen LogP contribution is -2.40. The molecule has 0 fully saturated rings. The standard InChI is InChI=1S/C22H20Cl2N4O2S/c1-13(2)31-21-25-18-19(26-21)27(11-14-3-7-16(23)8-4-14)22(30)28(20(18)29)12-15-5-9-17(24)10-6-15/h3-10,13H,11-12H2,1-2H3,(H,25,26). The molecule has 0 aliphatic rings. The Kier molecular flexibility index (Phi) is 6.27. The van der Waals surface area contributed by atoms with Crippen LogP contribution in [0.15, 0.2) is 63.3 Å². The molecule has 31 heavy (non-hydrogen) atoms. The van der Waals surface area contributed by atoms with Gasteiger partial charge < -0.3 is 4.98 Å². The van der Waals surface area contributed by atoms with Crippen LogP contribution in [-0.2, 0) is 13.1 Å². The lowest BCUT2D eigenvalue weighted by atomic mass is 10.2. The van der Waals surface area contributed by atoms with E-state index in [1.165, 1.54) is 20.9 Å². The molecule has 0 aliphatic heterocycles. The molecule has 2 aromatic heterocycles. The van der Waals surface area contributed by atoms with Crippen molar-refractivity contribution >= 4 is 46.1 Å². The van der Waals surface area contributed by atoms with Gasteiger partial charge in [0.05, 0.1) is 13.1 Å². The zero-order chi connectivity index (χ0) is 22.1. The second-order valence-corrected chi connectivity index (χ2v) is 9.86. The molecule has 0 spiro atoms. The van der Waals surface area contributed by atoms with Gasteiger partial charge in [-0.15, -0.1) is 0 Å². The molecule has 2 heterocycles. The van der Waals surface area contributed by atoms with Crippen LogP contribution in [-0.4, -0.2) is 24.4 Å². The van der Waals surface area contributed by atoms with Crippen LogP contribution in [0.25, 0.3) is 11.2 Å². The van der Waals surface area contributed by atoms with Crippen molar-refractivity contribution in [2.45, 2.75) is 37.3 Å². The number of H-pyrrole nitrogens is 1. The van der Waals surface area contributed by atoms with Gasteiger partial charge in [-0.2, -0.15) is 0 Å². The Morgan fingerprint density at radius 1 is 0.903 bits per heavy atom. The summed E-state index contributed by atoms with van der Waals surface area (Å²) < 4.78 is 2.75. The highest BCUT2D eigenvalue weighted by Crippen LogP contribution is 2.22. The number of hydrogen-bond donors (Lipinski definition) is 1. The molecule has 160 valence electrons. The van der Waals surface area contributed by atoms with E-state index < -0.39 is 11.2 Å². The summed E-state index contributed by atoms with van der Waals surface area (Å²) in [5.41, 5.74) is 1.52. The van der Waals surface area contributed by atoms with Crippen molar-refractivity contribution in [1.82, 2.24) is 19.1 Å². The number of halogens is 2. The fourth-order valence-electron chi connectivity index (χ4n) is 3.25. The minimum absolute atomic E-state index is 0.136. The van der Waals surface area contributed by atoms with E-state index in [0.717, 1.165) is 11.1 Å². The number of thioether (sulfide) groups is 1. The number of nitrogens with one attached hydrogen (secondary N) is 1. The average Bonchev–Trinajstić information content (AvgIpc) is 3.14. The molecule has 0 unspecified atom stereocenters. The third kappa shape index (κ3) is 4.74. The van der Waals surface area contributed by atoms with Crippen molar-refractivity contribution in [1.29, 1.82) is 0 Å². The number of rotatable bonds is 6. The first-order chi connectivity index (χ1) is 14.8. The fourth-order valence-corrected chi connectivity index (χ4v) is 4.25. The zero-order valence-electron chi connectivity index (χ0n) is 16.9. The summed E-state index contributed by atoms with van der Waals surface area (Å²) in [6, 6.07) is 14.3. The van der Waals surface area contributed by atoms with Gasteiger partial charge in [-0.05, 0) is 35.4 Å². The molecule has 4 aromatic rings. The third-order valence-corrected chi connectivity index (χ3v) is 6.09. The van der Waals surface area contributed by atoms with Gasteiger partial charge in [-0.3, -0.25) is 13.9 Å². The summed E-state index contributed by atoms with van der Waals surface area (Å²) in [4.78, 5) is 34.3. The topological polar surface area (TPSA) is 72.7 Å². The maximum atomic E-state index is 13.4. The second-order valence-electron chi connectivity index (χ2n) is 7.42. The molecular formula is C22H20Cl2N4O2S. The smallest absolute Gasteiger partial charge is 0.327 e. The Morgan fingerprint density at radius 3 is 1.94 bits per heavy atom. The SMILES string of the molecule is CC(C)Sc1nc2c([nH]1)c(=O)n(Cc1ccc(Cl)cc1)c(=O)n2Cc1ccc(Cl)cc1. The zero-order valence-corrected chi connectivity index (χ0v) is 19.3. The number of benzene rings is 2. The fraction of sp³-hybridized carbons (Fsp3) is 0.227. The van der Waals surface area contributed by atoms with E-state index in [1.807, 2.05) is 26.0 Å². The number of aromatic amines is 1. The largest absolute Gasteiger partial charge is 0.333 e. The van der Waals surface area contributed by atoms with Crippen LogP contribution >= 0.6 is 35.0 Å². The quantitative estimate of drug-likeness (QED) is 0.407. The van der Waals surface area contributed by atoms with Crippen molar-refractivity contribution in [3.63, 3.8) is 0 Å². The van der Waals surface area contributed by atoms with Crippen LogP contribution < -0.4 is 11.2 Å². The molecule has 0 amide bonds.